The van der Waals surface area contributed by atoms with Crippen molar-refractivity contribution in [2.24, 2.45) is 17.6 Å². The highest BCUT2D eigenvalue weighted by molar-refractivity contribution is 5.69. The fourth-order valence-corrected chi connectivity index (χ4v) is 3.51. The zero-order valence-corrected chi connectivity index (χ0v) is 12.3. The highest BCUT2D eigenvalue weighted by atomic mass is 16.5. The Kier molecular flexibility index (Phi) is 5.22. The number of esters is 1. The van der Waals surface area contributed by atoms with Gasteiger partial charge in [-0.05, 0) is 44.4 Å². The van der Waals surface area contributed by atoms with Crippen LogP contribution in [0.1, 0.15) is 46.0 Å². The van der Waals surface area contributed by atoms with Crippen LogP contribution in [0.3, 0.4) is 0 Å². The van der Waals surface area contributed by atoms with Gasteiger partial charge in [-0.15, -0.1) is 0 Å². The summed E-state index contributed by atoms with van der Waals surface area (Å²) >= 11 is 0. The van der Waals surface area contributed by atoms with E-state index in [1.165, 1.54) is 12.8 Å². The summed E-state index contributed by atoms with van der Waals surface area (Å²) < 4.78 is 5.00. The molecule has 1 heterocycles. The van der Waals surface area contributed by atoms with E-state index < -0.39 is 0 Å². The van der Waals surface area contributed by atoms with Crippen LogP contribution in [-0.4, -0.2) is 42.6 Å². The number of nitrogens with zero attached hydrogens (tertiary/aromatic N) is 1. The highest BCUT2D eigenvalue weighted by Crippen LogP contribution is 2.34. The van der Waals surface area contributed by atoms with Gasteiger partial charge >= 0.3 is 5.97 Å². The molecule has 4 nitrogen and oxygen atoms in total. The average molecular weight is 268 g/mol. The maximum Gasteiger partial charge on any atom is 0.305 e. The molecule has 4 unspecified atom stereocenters. The van der Waals surface area contributed by atoms with E-state index in [-0.39, 0.29) is 12.0 Å². The lowest BCUT2D eigenvalue weighted by molar-refractivity contribution is -0.143. The van der Waals surface area contributed by atoms with Gasteiger partial charge in [-0.2, -0.15) is 0 Å². The van der Waals surface area contributed by atoms with Crippen LogP contribution in [0.5, 0.6) is 0 Å². The van der Waals surface area contributed by atoms with Crippen LogP contribution in [0.15, 0.2) is 0 Å². The molecule has 0 aromatic heterocycles. The monoisotopic (exact) mass is 268 g/mol. The lowest BCUT2D eigenvalue weighted by Crippen LogP contribution is -2.55. The van der Waals surface area contributed by atoms with Gasteiger partial charge < -0.3 is 10.5 Å². The third-order valence-electron chi connectivity index (χ3n) is 4.70. The number of likely N-dealkylation sites (tertiary alicyclic amines) is 1. The second-order valence-electron chi connectivity index (χ2n) is 6.28. The Morgan fingerprint density at radius 3 is 2.74 bits per heavy atom. The summed E-state index contributed by atoms with van der Waals surface area (Å²) in [6.07, 6.45) is 5.18. The summed E-state index contributed by atoms with van der Waals surface area (Å²) in [5, 5.41) is 0. The van der Waals surface area contributed by atoms with Gasteiger partial charge in [0.05, 0.1) is 6.61 Å². The molecule has 2 N–H and O–H groups in total. The largest absolute Gasteiger partial charge is 0.466 e. The topological polar surface area (TPSA) is 55.6 Å². The first-order chi connectivity index (χ1) is 9.10. The molecule has 0 bridgehead atoms. The molecule has 4 atom stereocenters. The van der Waals surface area contributed by atoms with Crippen LogP contribution >= 0.6 is 0 Å². The molecule has 0 radical (unpaired) electrons. The average Bonchev–Trinajstić information content (AvgIpc) is 2.34. The Balaban J connectivity index is 1.79. The second-order valence-corrected chi connectivity index (χ2v) is 6.28. The first kappa shape index (κ1) is 14.8. The standard InChI is InChI=1S/C15H28N2O2/c1-3-19-15(18)7-5-12-8-13(16)10-17(9-12)14-6-4-11(14)2/h11-14H,3-10,16H2,1-2H3. The van der Waals surface area contributed by atoms with Crippen molar-refractivity contribution in [3.8, 4) is 0 Å². The number of nitrogens with two attached hydrogens (primary N) is 1. The molecular formula is C15H28N2O2. The SMILES string of the molecule is CCOC(=O)CCC1CC(N)CN(C2CCC2C)C1. The van der Waals surface area contributed by atoms with Gasteiger partial charge in [0.1, 0.15) is 0 Å². The van der Waals surface area contributed by atoms with Crippen molar-refractivity contribution in [2.75, 3.05) is 19.7 Å². The number of hydrogen-bond acceptors (Lipinski definition) is 4. The minimum absolute atomic E-state index is 0.0646. The third-order valence-corrected chi connectivity index (χ3v) is 4.70. The lowest BCUT2D eigenvalue weighted by atomic mass is 9.78. The molecule has 19 heavy (non-hydrogen) atoms. The molecule has 2 aliphatic rings. The van der Waals surface area contributed by atoms with Crippen molar-refractivity contribution in [3.63, 3.8) is 0 Å². The van der Waals surface area contributed by atoms with Crippen molar-refractivity contribution in [1.29, 1.82) is 0 Å². The third kappa shape index (κ3) is 3.93. The first-order valence-electron chi connectivity index (χ1n) is 7.75. The number of ether oxygens (including phenoxy) is 1. The molecule has 0 aromatic rings. The summed E-state index contributed by atoms with van der Waals surface area (Å²) in [4.78, 5) is 14.0. The molecule has 2 fully saturated rings. The first-order valence-corrected chi connectivity index (χ1v) is 7.75. The van der Waals surface area contributed by atoms with E-state index in [9.17, 15) is 4.79 Å². The van der Waals surface area contributed by atoms with E-state index >= 15 is 0 Å². The van der Waals surface area contributed by atoms with Crippen LogP contribution in [0, 0.1) is 11.8 Å². The Morgan fingerprint density at radius 2 is 2.16 bits per heavy atom. The van der Waals surface area contributed by atoms with Gasteiger partial charge in [-0.1, -0.05) is 6.92 Å². The number of rotatable bonds is 5. The van der Waals surface area contributed by atoms with Gasteiger partial charge in [-0.3, -0.25) is 9.69 Å². The maximum atomic E-state index is 11.4. The number of piperidine rings is 1. The second kappa shape index (κ2) is 6.71. The molecule has 2 rings (SSSR count). The lowest BCUT2D eigenvalue weighted by Gasteiger charge is -2.48. The molecule has 1 aliphatic carbocycles. The fraction of sp³-hybridized carbons (Fsp3) is 0.933. The zero-order chi connectivity index (χ0) is 13.8. The summed E-state index contributed by atoms with van der Waals surface area (Å²) in [5.74, 6) is 1.31. The Bertz CT molecular complexity index is 309. The molecule has 0 aromatic carbocycles. The van der Waals surface area contributed by atoms with E-state index in [1.807, 2.05) is 6.92 Å². The quantitative estimate of drug-likeness (QED) is 0.772. The van der Waals surface area contributed by atoms with Crippen LogP contribution in [-0.2, 0) is 9.53 Å². The summed E-state index contributed by atoms with van der Waals surface area (Å²) in [6, 6.07) is 1.00. The fourth-order valence-electron chi connectivity index (χ4n) is 3.51. The van der Waals surface area contributed by atoms with E-state index in [0.29, 0.717) is 18.9 Å². The van der Waals surface area contributed by atoms with E-state index in [1.54, 1.807) is 0 Å². The summed E-state index contributed by atoms with van der Waals surface area (Å²) in [5.41, 5.74) is 6.18. The van der Waals surface area contributed by atoms with Gasteiger partial charge in [0.15, 0.2) is 0 Å². The molecule has 1 aliphatic heterocycles. The van der Waals surface area contributed by atoms with Gasteiger partial charge in [0, 0.05) is 31.6 Å². The summed E-state index contributed by atoms with van der Waals surface area (Å²) in [7, 11) is 0. The van der Waals surface area contributed by atoms with Crippen molar-refractivity contribution in [1.82, 2.24) is 4.90 Å². The predicted octanol–water partition coefficient (Wildman–Crippen LogP) is 1.78. The number of carbonyl (C=O) groups is 1. The predicted molar refractivity (Wildman–Crippen MR) is 75.7 cm³/mol. The van der Waals surface area contributed by atoms with Crippen LogP contribution < -0.4 is 5.73 Å². The van der Waals surface area contributed by atoms with Gasteiger partial charge in [0.25, 0.3) is 0 Å². The van der Waals surface area contributed by atoms with Crippen LogP contribution in [0.25, 0.3) is 0 Å². The molecule has 1 saturated heterocycles. The normalized spacial score (nSPS) is 35.7. The summed E-state index contributed by atoms with van der Waals surface area (Å²) in [6.45, 7) is 6.82. The molecule has 4 heteroatoms. The molecule has 110 valence electrons. The van der Waals surface area contributed by atoms with E-state index in [4.69, 9.17) is 10.5 Å². The molecule has 0 amide bonds. The Morgan fingerprint density at radius 1 is 1.37 bits per heavy atom. The highest BCUT2D eigenvalue weighted by Gasteiger charge is 2.36. The smallest absolute Gasteiger partial charge is 0.305 e. The molecule has 1 saturated carbocycles. The molecule has 0 spiro atoms. The molecular weight excluding hydrogens is 240 g/mol. The van der Waals surface area contributed by atoms with E-state index in [0.717, 1.165) is 37.9 Å². The van der Waals surface area contributed by atoms with E-state index in [2.05, 4.69) is 11.8 Å². The number of carbonyl (C=O) groups excluding carboxylic acids is 1. The van der Waals surface area contributed by atoms with Crippen molar-refractivity contribution in [3.05, 3.63) is 0 Å². The number of hydrogen-bond donors (Lipinski definition) is 1. The zero-order valence-electron chi connectivity index (χ0n) is 12.3. The van der Waals surface area contributed by atoms with Gasteiger partial charge in [-0.25, -0.2) is 0 Å². The van der Waals surface area contributed by atoms with Crippen molar-refractivity contribution < 1.29 is 9.53 Å². The van der Waals surface area contributed by atoms with Crippen molar-refractivity contribution >= 4 is 5.97 Å². The van der Waals surface area contributed by atoms with Crippen molar-refractivity contribution in [2.45, 2.75) is 58.0 Å². The minimum atomic E-state index is -0.0646. The van der Waals surface area contributed by atoms with Crippen LogP contribution in [0.2, 0.25) is 0 Å². The Labute approximate surface area is 116 Å². The van der Waals surface area contributed by atoms with Crippen LogP contribution in [0.4, 0.5) is 0 Å². The minimum Gasteiger partial charge on any atom is -0.466 e. The Hall–Kier alpha value is -0.610. The van der Waals surface area contributed by atoms with Gasteiger partial charge in [0.2, 0.25) is 0 Å². The maximum absolute atomic E-state index is 11.4.